The van der Waals surface area contributed by atoms with Crippen LogP contribution in [0.15, 0.2) is 170 Å². The van der Waals surface area contributed by atoms with E-state index in [9.17, 15) is 0 Å². The summed E-state index contributed by atoms with van der Waals surface area (Å²) in [5.74, 6) is 1.87. The first-order valence-electron chi connectivity index (χ1n) is 18.1. The molecule has 6 heteroatoms. The second-order valence-corrected chi connectivity index (χ2v) is 19.5. The van der Waals surface area contributed by atoms with E-state index in [1.54, 1.807) is 3.13 Å². The molecule has 0 saturated heterocycles. The van der Waals surface area contributed by atoms with Crippen molar-refractivity contribution in [1.29, 1.82) is 0 Å². The molecule has 6 aromatic heterocycles. The minimum absolute atomic E-state index is 0.329. The Labute approximate surface area is 321 Å². The van der Waals surface area contributed by atoms with Crippen LogP contribution in [0.5, 0.6) is 0 Å². The van der Waals surface area contributed by atoms with Crippen molar-refractivity contribution < 1.29 is 0 Å². The number of hydrogen-bond acceptors (Lipinski definition) is 2. The molecule has 0 radical (unpaired) electrons. The van der Waals surface area contributed by atoms with Crippen molar-refractivity contribution in [3.05, 3.63) is 170 Å². The summed E-state index contributed by atoms with van der Waals surface area (Å²) < 4.78 is 9.17. The van der Waals surface area contributed by atoms with E-state index in [1.807, 2.05) is 0 Å². The van der Waals surface area contributed by atoms with Gasteiger partial charge in [-0.05, 0) is 0 Å². The van der Waals surface area contributed by atoms with Crippen LogP contribution >= 0.6 is 0 Å². The van der Waals surface area contributed by atoms with Crippen molar-refractivity contribution in [2.24, 2.45) is 0 Å². The van der Waals surface area contributed by atoms with Gasteiger partial charge >= 0.3 is 324 Å². The van der Waals surface area contributed by atoms with Gasteiger partial charge in [-0.15, -0.1) is 0 Å². The van der Waals surface area contributed by atoms with Gasteiger partial charge in [0.2, 0.25) is 0 Å². The molecule has 0 saturated carbocycles. The summed E-state index contributed by atoms with van der Waals surface area (Å²) in [7, 11) is 0. The Hall–Kier alpha value is -6.00. The molecule has 0 spiro atoms. The van der Waals surface area contributed by atoms with Crippen molar-refractivity contribution in [3.63, 3.8) is 0 Å². The molecular formula is C48H28N4Se2. The molecule has 0 bridgehead atoms. The molecular weight excluding hydrogens is 790 g/mol. The zero-order valence-corrected chi connectivity index (χ0v) is 32.2. The number of nitrogens with zero attached hydrogens (tertiary/aromatic N) is 4. The molecule has 0 amide bonds. The molecule has 0 unspecified atom stereocenters. The SMILES string of the molecule is c1cc(-c2ccc3[se]c4[se]c5ccc(-c6cccc(-n7c8ccccc8c8ccccc87)n6)cc5c4c3c2)nc(-n2c3ccccc3c3ccccc32)c1. The molecule has 0 fully saturated rings. The average Bonchev–Trinajstić information content (AvgIpc) is 3.97. The van der Waals surface area contributed by atoms with Crippen LogP contribution in [0.4, 0.5) is 0 Å². The molecule has 0 atom stereocenters. The fraction of sp³-hybridized carbons (Fsp3) is 0. The van der Waals surface area contributed by atoms with Gasteiger partial charge in [0, 0.05) is 0 Å². The van der Waals surface area contributed by atoms with Gasteiger partial charge in [-0.2, -0.15) is 0 Å². The van der Waals surface area contributed by atoms with Crippen molar-refractivity contribution in [2.45, 2.75) is 0 Å². The Kier molecular flexibility index (Phi) is 6.63. The van der Waals surface area contributed by atoms with E-state index in [0.717, 1.165) is 34.2 Å². The van der Waals surface area contributed by atoms with Gasteiger partial charge in [0.05, 0.1) is 0 Å². The van der Waals surface area contributed by atoms with E-state index in [0.29, 0.717) is 29.0 Å². The first kappa shape index (κ1) is 30.5. The Bertz CT molecular complexity index is 3140. The van der Waals surface area contributed by atoms with Crippen LogP contribution in [-0.4, -0.2) is 48.1 Å². The van der Waals surface area contributed by atoms with Crippen molar-refractivity contribution in [2.75, 3.05) is 0 Å². The van der Waals surface area contributed by atoms with E-state index in [4.69, 9.17) is 9.97 Å². The second kappa shape index (κ2) is 11.7. The molecule has 12 rings (SSSR count). The number of pyridine rings is 2. The normalized spacial score (nSPS) is 12.1. The summed E-state index contributed by atoms with van der Waals surface area (Å²) in [6.45, 7) is 0. The molecule has 0 aliphatic carbocycles. The van der Waals surface area contributed by atoms with Crippen LogP contribution in [-0.2, 0) is 0 Å². The zero-order chi connectivity index (χ0) is 35.3. The van der Waals surface area contributed by atoms with Crippen LogP contribution in [0.2, 0.25) is 0 Å². The van der Waals surface area contributed by atoms with E-state index in [-0.39, 0.29) is 0 Å². The minimum atomic E-state index is 0.329. The van der Waals surface area contributed by atoms with Crippen LogP contribution in [0.25, 0.3) is 106 Å². The Balaban J connectivity index is 0.986. The fourth-order valence-electron chi connectivity index (χ4n) is 8.39. The fourth-order valence-corrected chi connectivity index (χ4v) is 14.8. The van der Waals surface area contributed by atoms with Crippen LogP contribution in [0, 0.1) is 0 Å². The quantitative estimate of drug-likeness (QED) is 0.166. The second-order valence-electron chi connectivity index (χ2n) is 13.8. The molecule has 6 heterocycles. The third-order valence-corrected chi connectivity index (χ3v) is 16.7. The number of rotatable bonds is 4. The van der Waals surface area contributed by atoms with E-state index >= 15 is 0 Å². The van der Waals surface area contributed by atoms with E-state index < -0.39 is 0 Å². The molecule has 0 N–H and O–H groups in total. The number of hydrogen-bond donors (Lipinski definition) is 0. The number of aromatic nitrogens is 4. The summed E-state index contributed by atoms with van der Waals surface area (Å²) in [5, 5.41) is 9.17. The Morgan fingerprint density at radius 3 is 1.15 bits per heavy atom. The van der Waals surface area contributed by atoms with Gasteiger partial charge in [-0.1, -0.05) is 0 Å². The maximum absolute atomic E-state index is 5.31. The van der Waals surface area contributed by atoms with Gasteiger partial charge in [-0.3, -0.25) is 0 Å². The molecule has 0 aliphatic rings. The Morgan fingerprint density at radius 2 is 0.741 bits per heavy atom. The van der Waals surface area contributed by atoms with Crippen LogP contribution in [0.3, 0.4) is 0 Å². The molecule has 0 aliphatic heterocycles. The third-order valence-electron chi connectivity index (χ3n) is 10.8. The van der Waals surface area contributed by atoms with Crippen molar-refractivity contribution >= 4 is 100 Å². The Morgan fingerprint density at radius 1 is 0.352 bits per heavy atom. The average molecular weight is 819 g/mol. The third kappa shape index (κ3) is 4.49. The van der Waals surface area contributed by atoms with Crippen LogP contribution < -0.4 is 0 Å². The molecule has 6 aromatic carbocycles. The summed E-state index contributed by atoms with van der Waals surface area (Å²) >= 11 is 0.657. The molecule has 12 aromatic rings. The van der Waals surface area contributed by atoms with Gasteiger partial charge in [0.1, 0.15) is 0 Å². The van der Waals surface area contributed by atoms with Crippen molar-refractivity contribution in [3.8, 4) is 34.2 Å². The number of fused-ring (bicyclic) bond motifs is 11. The number of benzene rings is 6. The summed E-state index contributed by atoms with van der Waals surface area (Å²) in [6.07, 6.45) is 0. The first-order chi connectivity index (χ1) is 26.8. The standard InChI is InChI=1S/C48H28N4Se2/c1-5-17-39-31(11-1)32-12-2-6-18-40(32)51(39)45-21-9-15-37(49-45)29-23-25-43-35(27-29)47-36-28-30(24-26-44(36)54-48(47)53-43)38-16-10-22-46(50-38)52-41-19-7-3-13-33(41)34-14-4-8-20-42(34)52/h1-28H. The summed E-state index contributed by atoms with van der Waals surface area (Å²) in [6, 6.07) is 61.4. The molecule has 4 nitrogen and oxygen atoms in total. The zero-order valence-electron chi connectivity index (χ0n) is 28.8. The van der Waals surface area contributed by atoms with E-state index in [1.165, 1.54) is 68.3 Å². The van der Waals surface area contributed by atoms with Crippen LogP contribution in [0.1, 0.15) is 0 Å². The van der Waals surface area contributed by atoms with Gasteiger partial charge < -0.3 is 0 Å². The monoisotopic (exact) mass is 820 g/mol. The summed E-state index contributed by atoms with van der Waals surface area (Å²) in [4.78, 5) is 10.6. The van der Waals surface area contributed by atoms with Gasteiger partial charge in [-0.25, -0.2) is 0 Å². The van der Waals surface area contributed by atoms with Crippen molar-refractivity contribution in [1.82, 2.24) is 19.1 Å². The van der Waals surface area contributed by atoms with E-state index in [2.05, 4.69) is 179 Å². The summed E-state index contributed by atoms with van der Waals surface area (Å²) in [5.41, 5.74) is 8.97. The van der Waals surface area contributed by atoms with Gasteiger partial charge in [0.15, 0.2) is 0 Å². The number of para-hydroxylation sites is 4. The predicted octanol–water partition coefficient (Wildman–Crippen LogP) is 11.6. The molecule has 54 heavy (non-hydrogen) atoms. The first-order valence-corrected chi connectivity index (χ1v) is 21.5. The predicted molar refractivity (Wildman–Crippen MR) is 228 cm³/mol. The topological polar surface area (TPSA) is 35.6 Å². The van der Waals surface area contributed by atoms with Gasteiger partial charge in [0.25, 0.3) is 0 Å². The maximum atomic E-state index is 5.31. The molecule has 252 valence electrons.